The summed E-state index contributed by atoms with van der Waals surface area (Å²) in [4.78, 5) is 2.38. The predicted octanol–water partition coefficient (Wildman–Crippen LogP) is 0.319. The lowest BCUT2D eigenvalue weighted by Crippen LogP contribution is -2.30. The van der Waals surface area contributed by atoms with Gasteiger partial charge >= 0.3 is 0 Å². The molecule has 2 fully saturated rings. The van der Waals surface area contributed by atoms with Crippen LogP contribution in [0.5, 0.6) is 0 Å². The van der Waals surface area contributed by atoms with Crippen molar-refractivity contribution in [1.82, 2.24) is 4.90 Å². The highest BCUT2D eigenvalue weighted by atomic mass is 16.3. The highest BCUT2D eigenvalue weighted by molar-refractivity contribution is 4.96. The molecule has 2 aliphatic rings. The van der Waals surface area contributed by atoms with E-state index in [0.717, 1.165) is 18.4 Å². The Morgan fingerprint density at radius 2 is 2.10 bits per heavy atom. The minimum absolute atomic E-state index is 0.141. The molecule has 0 amide bonds. The summed E-state index contributed by atoms with van der Waals surface area (Å²) in [7, 11) is 0. The molecule has 1 aliphatic heterocycles. The molecule has 3 unspecified atom stereocenters. The fraction of sp³-hybridized carbons (Fsp3) is 1.00. The Hall–Kier alpha value is -0.0800. The van der Waals surface area contributed by atoms with E-state index in [9.17, 15) is 0 Å². The SMILES string of the molecule is CC(O)CN1CC2CC2C1. The molecule has 1 aliphatic carbocycles. The first kappa shape index (κ1) is 6.62. The molecule has 1 saturated heterocycles. The van der Waals surface area contributed by atoms with Gasteiger partial charge in [0.2, 0.25) is 0 Å². The Morgan fingerprint density at radius 1 is 1.50 bits per heavy atom. The van der Waals surface area contributed by atoms with Crippen molar-refractivity contribution in [1.29, 1.82) is 0 Å². The average molecular weight is 141 g/mol. The second kappa shape index (κ2) is 2.21. The number of β-amino-alcohol motifs (C(OH)–C–C–N with tert-alkyl or cyclic N) is 1. The number of piperidine rings is 1. The van der Waals surface area contributed by atoms with Crippen LogP contribution in [-0.2, 0) is 0 Å². The summed E-state index contributed by atoms with van der Waals surface area (Å²) in [5.74, 6) is 2.00. The number of hydrogen-bond acceptors (Lipinski definition) is 2. The molecule has 2 nitrogen and oxygen atoms in total. The van der Waals surface area contributed by atoms with E-state index >= 15 is 0 Å². The molecule has 0 radical (unpaired) electrons. The molecule has 1 heterocycles. The molecule has 1 saturated carbocycles. The quantitative estimate of drug-likeness (QED) is 0.598. The van der Waals surface area contributed by atoms with Crippen LogP contribution in [0.25, 0.3) is 0 Å². The summed E-state index contributed by atoms with van der Waals surface area (Å²) in [6.45, 7) is 5.24. The van der Waals surface area contributed by atoms with Gasteiger partial charge in [0.05, 0.1) is 6.10 Å². The Balaban J connectivity index is 1.76. The highest BCUT2D eigenvalue weighted by Gasteiger charge is 2.44. The fourth-order valence-corrected chi connectivity index (χ4v) is 2.02. The lowest BCUT2D eigenvalue weighted by molar-refractivity contribution is 0.134. The van der Waals surface area contributed by atoms with Gasteiger partial charge in [-0.25, -0.2) is 0 Å². The summed E-state index contributed by atoms with van der Waals surface area (Å²) in [5, 5.41) is 9.07. The Labute approximate surface area is 61.8 Å². The smallest absolute Gasteiger partial charge is 0.0639 e. The fourth-order valence-electron chi connectivity index (χ4n) is 2.02. The van der Waals surface area contributed by atoms with Crippen molar-refractivity contribution in [2.45, 2.75) is 19.4 Å². The van der Waals surface area contributed by atoms with Gasteiger partial charge in [-0.1, -0.05) is 0 Å². The number of rotatable bonds is 2. The molecule has 10 heavy (non-hydrogen) atoms. The topological polar surface area (TPSA) is 23.5 Å². The zero-order chi connectivity index (χ0) is 7.14. The molecular formula is C8H15NO. The van der Waals surface area contributed by atoms with Gasteiger partial charge in [-0.05, 0) is 25.2 Å². The molecule has 0 bridgehead atoms. The maximum atomic E-state index is 9.07. The first-order chi connectivity index (χ1) is 4.75. The van der Waals surface area contributed by atoms with Crippen molar-refractivity contribution in [2.24, 2.45) is 11.8 Å². The number of hydrogen-bond donors (Lipinski definition) is 1. The van der Waals surface area contributed by atoms with Crippen LogP contribution in [0.2, 0.25) is 0 Å². The Kier molecular flexibility index (Phi) is 1.46. The zero-order valence-electron chi connectivity index (χ0n) is 6.45. The predicted molar refractivity (Wildman–Crippen MR) is 39.7 cm³/mol. The minimum Gasteiger partial charge on any atom is -0.392 e. The lowest BCUT2D eigenvalue weighted by Gasteiger charge is -2.18. The first-order valence-electron chi connectivity index (χ1n) is 4.16. The van der Waals surface area contributed by atoms with Crippen molar-refractivity contribution >= 4 is 0 Å². The van der Waals surface area contributed by atoms with Crippen LogP contribution in [0.4, 0.5) is 0 Å². The van der Waals surface area contributed by atoms with Crippen LogP contribution in [0.15, 0.2) is 0 Å². The summed E-state index contributed by atoms with van der Waals surface area (Å²) in [5.41, 5.74) is 0. The number of aliphatic hydroxyl groups excluding tert-OH is 1. The van der Waals surface area contributed by atoms with E-state index in [1.54, 1.807) is 0 Å². The van der Waals surface area contributed by atoms with E-state index in [0.29, 0.717) is 0 Å². The molecule has 0 aromatic carbocycles. The van der Waals surface area contributed by atoms with Crippen molar-refractivity contribution in [2.75, 3.05) is 19.6 Å². The van der Waals surface area contributed by atoms with Crippen molar-refractivity contribution in [3.63, 3.8) is 0 Å². The van der Waals surface area contributed by atoms with Crippen LogP contribution in [0, 0.1) is 11.8 Å². The minimum atomic E-state index is -0.141. The van der Waals surface area contributed by atoms with Gasteiger partial charge in [-0.2, -0.15) is 0 Å². The van der Waals surface area contributed by atoms with E-state index in [4.69, 9.17) is 5.11 Å². The van der Waals surface area contributed by atoms with Crippen LogP contribution < -0.4 is 0 Å². The van der Waals surface area contributed by atoms with Crippen molar-refractivity contribution in [3.8, 4) is 0 Å². The molecule has 2 heteroatoms. The third kappa shape index (κ3) is 1.18. The normalized spacial score (nSPS) is 41.4. The second-order valence-corrected chi connectivity index (χ2v) is 3.82. The first-order valence-corrected chi connectivity index (χ1v) is 4.16. The van der Waals surface area contributed by atoms with Crippen LogP contribution >= 0.6 is 0 Å². The van der Waals surface area contributed by atoms with Gasteiger partial charge in [0.25, 0.3) is 0 Å². The van der Waals surface area contributed by atoms with Crippen molar-refractivity contribution in [3.05, 3.63) is 0 Å². The molecule has 0 spiro atoms. The monoisotopic (exact) mass is 141 g/mol. The molecule has 0 aromatic rings. The number of nitrogens with zero attached hydrogens (tertiary/aromatic N) is 1. The third-order valence-corrected chi connectivity index (χ3v) is 2.58. The maximum Gasteiger partial charge on any atom is 0.0639 e. The van der Waals surface area contributed by atoms with E-state index in [1.807, 2.05) is 6.92 Å². The number of likely N-dealkylation sites (tertiary alicyclic amines) is 1. The van der Waals surface area contributed by atoms with Crippen molar-refractivity contribution < 1.29 is 5.11 Å². The third-order valence-electron chi connectivity index (χ3n) is 2.58. The van der Waals surface area contributed by atoms with E-state index in [2.05, 4.69) is 4.90 Å². The van der Waals surface area contributed by atoms with Gasteiger partial charge in [0, 0.05) is 19.6 Å². The maximum absolute atomic E-state index is 9.07. The number of fused-ring (bicyclic) bond motifs is 1. The summed E-state index contributed by atoms with van der Waals surface area (Å²) in [6.07, 6.45) is 1.31. The van der Waals surface area contributed by atoms with Gasteiger partial charge < -0.3 is 10.0 Å². The second-order valence-electron chi connectivity index (χ2n) is 3.82. The standard InChI is InChI=1S/C8H15NO/c1-6(10)3-9-4-7-2-8(7)5-9/h6-8,10H,2-5H2,1H3. The van der Waals surface area contributed by atoms with Gasteiger partial charge in [0.15, 0.2) is 0 Å². The summed E-state index contributed by atoms with van der Waals surface area (Å²) >= 11 is 0. The van der Waals surface area contributed by atoms with Crippen LogP contribution in [-0.4, -0.2) is 35.7 Å². The van der Waals surface area contributed by atoms with Crippen LogP contribution in [0.1, 0.15) is 13.3 Å². The highest BCUT2D eigenvalue weighted by Crippen LogP contribution is 2.44. The average Bonchev–Trinajstić information content (AvgIpc) is 2.39. The molecule has 3 atom stereocenters. The molecule has 58 valence electrons. The van der Waals surface area contributed by atoms with Gasteiger partial charge in [-0.3, -0.25) is 0 Å². The van der Waals surface area contributed by atoms with Crippen LogP contribution in [0.3, 0.4) is 0 Å². The van der Waals surface area contributed by atoms with Gasteiger partial charge in [-0.15, -0.1) is 0 Å². The molecule has 2 rings (SSSR count). The number of aliphatic hydroxyl groups is 1. The van der Waals surface area contributed by atoms with E-state index < -0.39 is 0 Å². The summed E-state index contributed by atoms with van der Waals surface area (Å²) < 4.78 is 0. The lowest BCUT2D eigenvalue weighted by atomic mass is 10.3. The Morgan fingerprint density at radius 3 is 2.60 bits per heavy atom. The molecule has 0 aromatic heterocycles. The Bertz CT molecular complexity index is 125. The summed E-state index contributed by atoms with van der Waals surface area (Å²) in [6, 6.07) is 0. The largest absolute Gasteiger partial charge is 0.392 e. The van der Waals surface area contributed by atoms with E-state index in [1.165, 1.54) is 19.5 Å². The zero-order valence-corrected chi connectivity index (χ0v) is 6.45. The van der Waals surface area contributed by atoms with E-state index in [-0.39, 0.29) is 6.10 Å². The molecule has 1 N–H and O–H groups in total. The molecular weight excluding hydrogens is 126 g/mol. The van der Waals surface area contributed by atoms with Gasteiger partial charge in [0.1, 0.15) is 0 Å².